The SMILES string of the molecule is COc1ccc([C@H]2CC(=O)Nc3nc(SCc4ccccc4Cl)[nH]c(=O)c32)cc1O. The maximum atomic E-state index is 12.9. The standard InChI is InChI=1S/C21H18ClN3O4S/c1-29-16-7-6-11(8-15(16)26)13-9-17(27)23-19-18(13)20(28)25-21(24-19)30-10-12-4-2-3-5-14(12)22/h2-8,13,26H,9-10H2,1H3,(H2,23,24,25,27,28)/t13-/m1/s1. The molecule has 2 aromatic carbocycles. The lowest BCUT2D eigenvalue weighted by Gasteiger charge is -2.24. The van der Waals surface area contributed by atoms with E-state index >= 15 is 0 Å². The van der Waals surface area contributed by atoms with E-state index in [2.05, 4.69) is 15.3 Å². The van der Waals surface area contributed by atoms with Crippen LogP contribution >= 0.6 is 23.4 Å². The zero-order chi connectivity index (χ0) is 21.3. The van der Waals surface area contributed by atoms with Gasteiger partial charge in [-0.05, 0) is 29.3 Å². The highest BCUT2D eigenvalue weighted by atomic mass is 35.5. The third-order valence-electron chi connectivity index (χ3n) is 4.86. The molecule has 0 saturated carbocycles. The van der Waals surface area contributed by atoms with Crippen molar-refractivity contribution in [2.45, 2.75) is 23.2 Å². The summed E-state index contributed by atoms with van der Waals surface area (Å²) in [6, 6.07) is 12.3. The average molecular weight is 444 g/mol. The fraction of sp³-hybridized carbons (Fsp3) is 0.190. The molecule has 1 aliphatic rings. The summed E-state index contributed by atoms with van der Waals surface area (Å²) < 4.78 is 5.07. The fourth-order valence-electron chi connectivity index (χ4n) is 3.39. The van der Waals surface area contributed by atoms with Crippen LogP contribution in [0.1, 0.15) is 29.0 Å². The van der Waals surface area contributed by atoms with Crippen LogP contribution in [0.3, 0.4) is 0 Å². The molecule has 0 saturated heterocycles. The molecule has 4 rings (SSSR count). The van der Waals surface area contributed by atoms with Gasteiger partial charge in [0.1, 0.15) is 5.82 Å². The van der Waals surface area contributed by atoms with Crippen molar-refractivity contribution in [3.8, 4) is 11.5 Å². The van der Waals surface area contributed by atoms with Crippen LogP contribution in [0.15, 0.2) is 52.4 Å². The Bertz CT molecular complexity index is 1180. The molecule has 0 fully saturated rings. The number of phenols is 1. The summed E-state index contributed by atoms with van der Waals surface area (Å²) in [6.45, 7) is 0. The lowest BCUT2D eigenvalue weighted by molar-refractivity contribution is -0.116. The second kappa shape index (κ2) is 8.41. The number of benzene rings is 2. The summed E-state index contributed by atoms with van der Waals surface area (Å²) in [5.41, 5.74) is 1.58. The normalized spacial score (nSPS) is 15.4. The number of fused-ring (bicyclic) bond motifs is 1. The largest absolute Gasteiger partial charge is 0.504 e. The monoisotopic (exact) mass is 443 g/mol. The number of ether oxygens (including phenoxy) is 1. The van der Waals surface area contributed by atoms with Gasteiger partial charge in [0, 0.05) is 23.1 Å². The molecule has 30 heavy (non-hydrogen) atoms. The van der Waals surface area contributed by atoms with Crippen LogP contribution in [0.4, 0.5) is 5.82 Å². The van der Waals surface area contributed by atoms with Gasteiger partial charge in [-0.15, -0.1) is 0 Å². The molecule has 0 bridgehead atoms. The summed E-state index contributed by atoms with van der Waals surface area (Å²) in [4.78, 5) is 32.4. The first kappa shape index (κ1) is 20.3. The van der Waals surface area contributed by atoms with E-state index in [0.717, 1.165) is 5.56 Å². The van der Waals surface area contributed by atoms with Crippen LogP contribution in [0.5, 0.6) is 11.5 Å². The number of aromatic hydroxyl groups is 1. The number of anilines is 1. The first-order valence-electron chi connectivity index (χ1n) is 9.13. The number of rotatable bonds is 5. The molecule has 0 unspecified atom stereocenters. The van der Waals surface area contributed by atoms with Gasteiger partial charge in [-0.2, -0.15) is 0 Å². The molecule has 0 aliphatic carbocycles. The van der Waals surface area contributed by atoms with Crippen LogP contribution in [-0.4, -0.2) is 28.1 Å². The van der Waals surface area contributed by atoms with Crippen molar-refractivity contribution < 1.29 is 14.6 Å². The van der Waals surface area contributed by atoms with Gasteiger partial charge in [-0.25, -0.2) is 4.98 Å². The molecule has 2 heterocycles. The molecule has 154 valence electrons. The van der Waals surface area contributed by atoms with Crippen molar-refractivity contribution in [3.63, 3.8) is 0 Å². The Morgan fingerprint density at radius 2 is 2.07 bits per heavy atom. The number of H-pyrrole nitrogens is 1. The molecule has 3 N–H and O–H groups in total. The zero-order valence-electron chi connectivity index (χ0n) is 15.9. The van der Waals surface area contributed by atoms with Gasteiger partial charge in [0.15, 0.2) is 16.7 Å². The van der Waals surface area contributed by atoms with Gasteiger partial charge in [-0.3, -0.25) is 9.59 Å². The molecule has 1 amide bonds. The molecule has 3 aromatic rings. The van der Waals surface area contributed by atoms with Crippen molar-refractivity contribution in [1.29, 1.82) is 0 Å². The van der Waals surface area contributed by atoms with E-state index < -0.39 is 5.92 Å². The highest BCUT2D eigenvalue weighted by Crippen LogP contribution is 2.38. The van der Waals surface area contributed by atoms with Crippen molar-refractivity contribution in [3.05, 3.63) is 74.5 Å². The molecular formula is C21H18ClN3O4S. The van der Waals surface area contributed by atoms with Crippen LogP contribution in [0.25, 0.3) is 0 Å². The zero-order valence-corrected chi connectivity index (χ0v) is 17.5. The number of amides is 1. The number of aromatic amines is 1. The molecule has 7 nitrogen and oxygen atoms in total. The number of hydrogen-bond donors (Lipinski definition) is 3. The summed E-state index contributed by atoms with van der Waals surface area (Å²) in [5, 5.41) is 13.8. The fourth-order valence-corrected chi connectivity index (χ4v) is 4.54. The third kappa shape index (κ3) is 4.01. The van der Waals surface area contributed by atoms with E-state index in [-0.39, 0.29) is 29.5 Å². The highest BCUT2D eigenvalue weighted by Gasteiger charge is 2.31. The number of halogens is 1. The maximum absolute atomic E-state index is 12.9. The van der Waals surface area contributed by atoms with Crippen LogP contribution in [-0.2, 0) is 10.5 Å². The van der Waals surface area contributed by atoms with Gasteiger partial charge in [0.2, 0.25) is 5.91 Å². The minimum Gasteiger partial charge on any atom is -0.504 e. The Labute approximate surface area is 181 Å². The first-order chi connectivity index (χ1) is 14.5. The Kier molecular flexibility index (Phi) is 5.69. The summed E-state index contributed by atoms with van der Waals surface area (Å²) >= 11 is 7.51. The van der Waals surface area contributed by atoms with Gasteiger partial charge < -0.3 is 20.1 Å². The average Bonchev–Trinajstić information content (AvgIpc) is 2.72. The predicted molar refractivity (Wildman–Crippen MR) is 116 cm³/mol. The van der Waals surface area contributed by atoms with E-state index in [4.69, 9.17) is 16.3 Å². The molecule has 1 aromatic heterocycles. The second-order valence-electron chi connectivity index (χ2n) is 6.75. The van der Waals surface area contributed by atoms with E-state index in [1.807, 2.05) is 18.2 Å². The van der Waals surface area contributed by atoms with E-state index in [1.165, 1.54) is 24.9 Å². The number of aromatic nitrogens is 2. The number of carbonyl (C=O) groups is 1. The third-order valence-corrected chi connectivity index (χ3v) is 6.15. The summed E-state index contributed by atoms with van der Waals surface area (Å²) in [5.74, 6) is 0.242. The smallest absolute Gasteiger partial charge is 0.257 e. The summed E-state index contributed by atoms with van der Waals surface area (Å²) in [6.07, 6.45) is 0.0790. The Morgan fingerprint density at radius 1 is 1.27 bits per heavy atom. The molecule has 1 aliphatic heterocycles. The summed E-state index contributed by atoms with van der Waals surface area (Å²) in [7, 11) is 1.45. The van der Waals surface area contributed by atoms with Gasteiger partial charge in [-0.1, -0.05) is 47.6 Å². The minimum absolute atomic E-state index is 0.0566. The quantitative estimate of drug-likeness (QED) is 0.408. The van der Waals surface area contributed by atoms with Crippen LogP contribution < -0.4 is 15.6 Å². The number of hydrogen-bond acceptors (Lipinski definition) is 6. The lowest BCUT2D eigenvalue weighted by atomic mass is 9.86. The lowest BCUT2D eigenvalue weighted by Crippen LogP contribution is -2.31. The van der Waals surface area contributed by atoms with Crippen LogP contribution in [0.2, 0.25) is 5.02 Å². The Morgan fingerprint density at radius 3 is 2.80 bits per heavy atom. The Balaban J connectivity index is 1.67. The molecule has 0 spiro atoms. The van der Waals surface area contributed by atoms with Gasteiger partial charge >= 0.3 is 0 Å². The van der Waals surface area contributed by atoms with Gasteiger partial charge in [0.05, 0.1) is 12.7 Å². The van der Waals surface area contributed by atoms with Crippen molar-refractivity contribution in [2.24, 2.45) is 0 Å². The second-order valence-corrected chi connectivity index (χ2v) is 8.12. The van der Waals surface area contributed by atoms with Crippen molar-refractivity contribution >= 4 is 35.1 Å². The molecule has 9 heteroatoms. The number of thioether (sulfide) groups is 1. The maximum Gasteiger partial charge on any atom is 0.257 e. The molecule has 0 radical (unpaired) electrons. The number of methoxy groups -OCH3 is 1. The minimum atomic E-state index is -0.524. The number of nitrogens with one attached hydrogen (secondary N) is 2. The van der Waals surface area contributed by atoms with Crippen molar-refractivity contribution in [2.75, 3.05) is 12.4 Å². The van der Waals surface area contributed by atoms with E-state index in [9.17, 15) is 14.7 Å². The first-order valence-corrected chi connectivity index (χ1v) is 10.5. The molecular weight excluding hydrogens is 426 g/mol. The highest BCUT2D eigenvalue weighted by molar-refractivity contribution is 7.98. The predicted octanol–water partition coefficient (Wildman–Crippen LogP) is 3.90. The number of carbonyl (C=O) groups excluding carboxylic acids is 1. The van der Waals surface area contributed by atoms with E-state index in [1.54, 1.807) is 18.2 Å². The molecule has 1 atom stereocenters. The van der Waals surface area contributed by atoms with Crippen molar-refractivity contribution in [1.82, 2.24) is 9.97 Å². The topological polar surface area (TPSA) is 104 Å². The Hall–Kier alpha value is -2.97. The number of phenolic OH excluding ortho intramolecular Hbond substituents is 1. The van der Waals surface area contributed by atoms with Gasteiger partial charge in [0.25, 0.3) is 5.56 Å². The van der Waals surface area contributed by atoms with Crippen LogP contribution in [0, 0.1) is 0 Å². The van der Waals surface area contributed by atoms with E-state index in [0.29, 0.717) is 32.8 Å². The number of nitrogens with zero attached hydrogens (tertiary/aromatic N) is 1.